The lowest BCUT2D eigenvalue weighted by atomic mass is 9.98. The first kappa shape index (κ1) is 24.5. The van der Waals surface area contributed by atoms with Crippen LogP contribution in [0.5, 0.6) is 0 Å². The standard InChI is InChI=1S/C21H21ClF4N2O3S/c1-2-10-32(30,31)28-9-8-15-14(12-28)6-7-17(22)20(15)27-18(29)11-13-4-3-5-16(19(13)23)21(24,25)26/h3-7H,2,8-12H2,1H3,(H,27,29). The molecular weight excluding hydrogens is 472 g/mol. The molecule has 0 spiro atoms. The van der Waals surface area contributed by atoms with Gasteiger partial charge in [-0.2, -0.15) is 17.5 Å². The number of carbonyl (C=O) groups is 1. The Balaban J connectivity index is 1.82. The number of halogens is 5. The number of carbonyl (C=O) groups excluding carboxylic acids is 1. The van der Waals surface area contributed by atoms with E-state index in [9.17, 15) is 30.8 Å². The molecule has 0 aromatic heterocycles. The summed E-state index contributed by atoms with van der Waals surface area (Å²) < 4.78 is 79.1. The van der Waals surface area contributed by atoms with Crippen LogP contribution >= 0.6 is 11.6 Å². The summed E-state index contributed by atoms with van der Waals surface area (Å²) in [5, 5.41) is 2.76. The van der Waals surface area contributed by atoms with Crippen LogP contribution in [0.4, 0.5) is 23.2 Å². The SMILES string of the molecule is CCCS(=O)(=O)N1CCc2c(ccc(Cl)c2NC(=O)Cc2cccc(C(F)(F)F)c2F)C1. The van der Waals surface area contributed by atoms with E-state index in [0.717, 1.165) is 12.1 Å². The Labute approximate surface area is 188 Å². The highest BCUT2D eigenvalue weighted by Gasteiger charge is 2.35. The van der Waals surface area contributed by atoms with Crippen molar-refractivity contribution in [3.05, 3.63) is 63.4 Å². The molecule has 174 valence electrons. The Hall–Kier alpha value is -2.17. The summed E-state index contributed by atoms with van der Waals surface area (Å²) in [6, 6.07) is 5.95. The topological polar surface area (TPSA) is 66.5 Å². The summed E-state index contributed by atoms with van der Waals surface area (Å²) in [6.07, 6.45) is -4.71. The molecule has 1 aliphatic heterocycles. The molecule has 0 fully saturated rings. The van der Waals surface area contributed by atoms with Gasteiger partial charge in [0.25, 0.3) is 0 Å². The molecule has 2 aromatic rings. The van der Waals surface area contributed by atoms with Gasteiger partial charge in [-0.15, -0.1) is 0 Å². The molecule has 5 nitrogen and oxygen atoms in total. The zero-order valence-electron chi connectivity index (χ0n) is 17.1. The van der Waals surface area contributed by atoms with Gasteiger partial charge >= 0.3 is 6.18 Å². The Bertz CT molecular complexity index is 1140. The Morgan fingerprint density at radius 2 is 1.94 bits per heavy atom. The van der Waals surface area contributed by atoms with E-state index in [1.54, 1.807) is 13.0 Å². The molecule has 32 heavy (non-hydrogen) atoms. The molecular formula is C21H21ClF4N2O3S. The number of sulfonamides is 1. The van der Waals surface area contributed by atoms with Gasteiger partial charge in [-0.25, -0.2) is 12.8 Å². The van der Waals surface area contributed by atoms with E-state index in [1.165, 1.54) is 10.4 Å². The highest BCUT2D eigenvalue weighted by molar-refractivity contribution is 7.89. The fourth-order valence-corrected chi connectivity index (χ4v) is 5.36. The lowest BCUT2D eigenvalue weighted by Gasteiger charge is -2.29. The highest BCUT2D eigenvalue weighted by atomic mass is 35.5. The van der Waals surface area contributed by atoms with Gasteiger partial charge in [0, 0.05) is 13.1 Å². The van der Waals surface area contributed by atoms with Gasteiger partial charge in [0.1, 0.15) is 5.82 Å². The first-order valence-electron chi connectivity index (χ1n) is 9.86. The predicted molar refractivity (Wildman–Crippen MR) is 113 cm³/mol. The normalized spacial score (nSPS) is 14.8. The third-order valence-corrected chi connectivity index (χ3v) is 7.51. The van der Waals surface area contributed by atoms with Crippen molar-refractivity contribution in [3.63, 3.8) is 0 Å². The third kappa shape index (κ3) is 5.24. The highest BCUT2D eigenvalue weighted by Crippen LogP contribution is 2.35. The molecule has 0 atom stereocenters. The number of hydrogen-bond donors (Lipinski definition) is 1. The summed E-state index contributed by atoms with van der Waals surface area (Å²) in [5.74, 6) is -2.20. The minimum absolute atomic E-state index is 0.0298. The fourth-order valence-electron chi connectivity index (χ4n) is 3.65. The van der Waals surface area contributed by atoms with Crippen molar-refractivity contribution in [3.8, 4) is 0 Å². The van der Waals surface area contributed by atoms with E-state index in [4.69, 9.17) is 11.6 Å². The van der Waals surface area contributed by atoms with Gasteiger partial charge in [-0.1, -0.05) is 36.7 Å². The second kappa shape index (κ2) is 9.36. The van der Waals surface area contributed by atoms with E-state index < -0.39 is 45.5 Å². The molecule has 0 saturated heterocycles. The smallest absolute Gasteiger partial charge is 0.324 e. The third-order valence-electron chi connectivity index (χ3n) is 5.17. The van der Waals surface area contributed by atoms with E-state index in [0.29, 0.717) is 30.0 Å². The Kier molecular flexibility index (Phi) is 7.16. The van der Waals surface area contributed by atoms with Gasteiger partial charge in [0.05, 0.1) is 28.4 Å². The number of nitrogens with one attached hydrogen (secondary N) is 1. The van der Waals surface area contributed by atoms with Crippen molar-refractivity contribution >= 4 is 33.2 Å². The maximum absolute atomic E-state index is 14.2. The predicted octanol–water partition coefficient (Wildman–Crippen LogP) is 4.78. The van der Waals surface area contributed by atoms with Crippen LogP contribution in [0.1, 0.15) is 35.6 Å². The monoisotopic (exact) mass is 492 g/mol. The lowest BCUT2D eigenvalue weighted by molar-refractivity contribution is -0.140. The van der Waals surface area contributed by atoms with Gasteiger partial charge in [-0.05, 0) is 41.7 Å². The Morgan fingerprint density at radius 3 is 2.59 bits per heavy atom. The zero-order chi connectivity index (χ0) is 23.7. The fraction of sp³-hybridized carbons (Fsp3) is 0.381. The Morgan fingerprint density at radius 1 is 1.22 bits per heavy atom. The lowest BCUT2D eigenvalue weighted by Crippen LogP contribution is -2.37. The van der Waals surface area contributed by atoms with Crippen molar-refractivity contribution in [1.29, 1.82) is 0 Å². The van der Waals surface area contributed by atoms with Crippen molar-refractivity contribution in [2.45, 2.75) is 38.9 Å². The second-order valence-electron chi connectivity index (χ2n) is 7.46. The van der Waals surface area contributed by atoms with Gasteiger partial charge in [0.2, 0.25) is 15.9 Å². The minimum atomic E-state index is -4.87. The molecule has 2 aromatic carbocycles. The summed E-state index contributed by atoms with van der Waals surface area (Å²) >= 11 is 6.23. The van der Waals surface area contributed by atoms with Crippen LogP contribution in [0.25, 0.3) is 0 Å². The maximum Gasteiger partial charge on any atom is 0.419 e. The molecule has 0 saturated carbocycles. The average molecular weight is 493 g/mol. The molecule has 1 amide bonds. The molecule has 0 aliphatic carbocycles. The number of nitrogens with zero attached hydrogens (tertiary/aromatic N) is 1. The summed E-state index contributed by atoms with van der Waals surface area (Å²) in [4.78, 5) is 12.5. The quantitative estimate of drug-likeness (QED) is 0.590. The van der Waals surface area contributed by atoms with Crippen molar-refractivity contribution in [2.24, 2.45) is 0 Å². The van der Waals surface area contributed by atoms with Crippen LogP contribution in [0.2, 0.25) is 5.02 Å². The van der Waals surface area contributed by atoms with E-state index >= 15 is 0 Å². The molecule has 1 N–H and O–H groups in total. The van der Waals surface area contributed by atoms with Crippen molar-refractivity contribution in [1.82, 2.24) is 4.31 Å². The summed E-state index contributed by atoms with van der Waals surface area (Å²) in [6.45, 7) is 2.11. The molecule has 0 bridgehead atoms. The van der Waals surface area contributed by atoms with E-state index in [2.05, 4.69) is 5.32 Å². The number of amides is 1. The molecule has 1 aliphatic rings. The van der Waals surface area contributed by atoms with Crippen molar-refractivity contribution < 1.29 is 30.8 Å². The van der Waals surface area contributed by atoms with Crippen LogP contribution in [0.15, 0.2) is 30.3 Å². The van der Waals surface area contributed by atoms with Crippen LogP contribution < -0.4 is 5.32 Å². The number of rotatable bonds is 6. The summed E-state index contributed by atoms with van der Waals surface area (Å²) in [5.41, 5.74) is -0.255. The first-order chi connectivity index (χ1) is 14.9. The molecule has 3 rings (SSSR count). The first-order valence-corrected chi connectivity index (χ1v) is 11.8. The number of hydrogen-bond acceptors (Lipinski definition) is 3. The van der Waals surface area contributed by atoms with Gasteiger partial charge < -0.3 is 5.32 Å². The van der Waals surface area contributed by atoms with Crippen molar-refractivity contribution in [2.75, 3.05) is 17.6 Å². The molecule has 11 heteroatoms. The maximum atomic E-state index is 14.2. The molecule has 0 unspecified atom stereocenters. The van der Waals surface area contributed by atoms with Crippen LogP contribution in [0.3, 0.4) is 0 Å². The van der Waals surface area contributed by atoms with E-state index in [1.807, 2.05) is 0 Å². The molecule has 0 radical (unpaired) electrons. The largest absolute Gasteiger partial charge is 0.419 e. The van der Waals surface area contributed by atoms with Gasteiger partial charge in [-0.3, -0.25) is 4.79 Å². The zero-order valence-corrected chi connectivity index (χ0v) is 18.7. The minimum Gasteiger partial charge on any atom is -0.324 e. The summed E-state index contributed by atoms with van der Waals surface area (Å²) in [7, 11) is -3.40. The number of anilines is 1. The van der Waals surface area contributed by atoms with Crippen LogP contribution in [-0.2, 0) is 40.4 Å². The number of benzene rings is 2. The van der Waals surface area contributed by atoms with Crippen LogP contribution in [-0.4, -0.2) is 30.9 Å². The second-order valence-corrected chi connectivity index (χ2v) is 9.96. The number of fused-ring (bicyclic) bond motifs is 1. The molecule has 1 heterocycles. The number of alkyl halides is 3. The van der Waals surface area contributed by atoms with Gasteiger partial charge in [0.15, 0.2) is 0 Å². The van der Waals surface area contributed by atoms with E-state index in [-0.39, 0.29) is 29.6 Å². The van der Waals surface area contributed by atoms with Crippen LogP contribution in [0, 0.1) is 5.82 Å². The average Bonchev–Trinajstić information content (AvgIpc) is 2.70.